The number of nitrogens with zero attached hydrogens (tertiary/aromatic N) is 5. The summed E-state index contributed by atoms with van der Waals surface area (Å²) >= 11 is 0. The molecule has 180 valence electrons. The van der Waals surface area contributed by atoms with Gasteiger partial charge in [-0.05, 0) is 74.5 Å². The Bertz CT molecular complexity index is 1550. The lowest BCUT2D eigenvalue weighted by atomic mass is 9.79. The predicted octanol–water partition coefficient (Wildman–Crippen LogP) is 6.40. The summed E-state index contributed by atoms with van der Waals surface area (Å²) in [7, 11) is 0. The van der Waals surface area contributed by atoms with Crippen molar-refractivity contribution in [2.75, 3.05) is 19.6 Å². The highest BCUT2D eigenvalue weighted by molar-refractivity contribution is 5.96. The maximum Gasteiger partial charge on any atom is 0.220 e. The highest BCUT2D eigenvalue weighted by Crippen LogP contribution is 2.42. The molecule has 6 nitrogen and oxygen atoms in total. The van der Waals surface area contributed by atoms with E-state index in [1.165, 1.54) is 38.9 Å². The Morgan fingerprint density at radius 1 is 1.00 bits per heavy atom. The fourth-order valence-electron chi connectivity index (χ4n) is 5.70. The second-order valence-corrected chi connectivity index (χ2v) is 10.3. The number of para-hydroxylation sites is 1. The lowest BCUT2D eigenvalue weighted by Crippen LogP contribution is -2.43. The number of ether oxygens (including phenoxy) is 1. The van der Waals surface area contributed by atoms with Crippen LogP contribution >= 0.6 is 0 Å². The largest absolute Gasteiger partial charge is 0.439 e. The molecule has 0 atom stereocenters. The van der Waals surface area contributed by atoms with Crippen LogP contribution in [0.1, 0.15) is 30.9 Å². The smallest absolute Gasteiger partial charge is 0.220 e. The van der Waals surface area contributed by atoms with Crippen molar-refractivity contribution in [3.8, 4) is 22.8 Å². The van der Waals surface area contributed by atoms with E-state index in [1.807, 2.05) is 42.6 Å². The number of benzene rings is 2. The minimum Gasteiger partial charge on any atom is -0.439 e. The van der Waals surface area contributed by atoms with Gasteiger partial charge in [0.2, 0.25) is 5.88 Å². The van der Waals surface area contributed by atoms with Crippen LogP contribution in [0.4, 0.5) is 0 Å². The molecule has 1 aliphatic heterocycles. The van der Waals surface area contributed by atoms with E-state index in [0.29, 0.717) is 11.9 Å². The van der Waals surface area contributed by atoms with Crippen LogP contribution in [0.5, 0.6) is 11.6 Å². The highest BCUT2D eigenvalue weighted by Gasteiger charge is 2.34. The van der Waals surface area contributed by atoms with Crippen molar-refractivity contribution in [2.45, 2.75) is 32.2 Å². The molecule has 0 amide bonds. The Labute approximate surface area is 210 Å². The minimum absolute atomic E-state index is 0.508. The van der Waals surface area contributed by atoms with Crippen LogP contribution in [0.25, 0.3) is 33.1 Å². The zero-order valence-corrected chi connectivity index (χ0v) is 20.5. The van der Waals surface area contributed by atoms with E-state index in [9.17, 15) is 0 Å². The summed E-state index contributed by atoms with van der Waals surface area (Å²) in [5.41, 5.74) is 5.38. The summed E-state index contributed by atoms with van der Waals surface area (Å²) in [5, 5.41) is 2.23. The summed E-state index contributed by atoms with van der Waals surface area (Å²) in [6.07, 6.45) is 9.70. The van der Waals surface area contributed by atoms with E-state index in [4.69, 9.17) is 9.72 Å². The quantitative estimate of drug-likeness (QED) is 0.284. The molecule has 2 fully saturated rings. The second-order valence-electron chi connectivity index (χ2n) is 10.3. The van der Waals surface area contributed by atoms with E-state index < -0.39 is 0 Å². The van der Waals surface area contributed by atoms with Crippen molar-refractivity contribution in [2.24, 2.45) is 5.92 Å². The highest BCUT2D eigenvalue weighted by atomic mass is 16.5. The van der Waals surface area contributed by atoms with Crippen molar-refractivity contribution in [1.29, 1.82) is 0 Å². The van der Waals surface area contributed by atoms with Crippen molar-refractivity contribution in [1.82, 2.24) is 24.4 Å². The molecule has 1 saturated heterocycles. The SMILES string of the molecule is Cc1cc(Oc2ccccc2)nc2cc(-c3cn(C4CC(CN5CCC5)C4)c4ncncc34)ccc12. The zero-order valence-electron chi connectivity index (χ0n) is 20.5. The molecule has 0 radical (unpaired) electrons. The molecular formula is C30H29N5O. The van der Waals surface area contributed by atoms with E-state index in [-0.39, 0.29) is 0 Å². The van der Waals surface area contributed by atoms with E-state index in [0.717, 1.165) is 50.3 Å². The van der Waals surface area contributed by atoms with Crippen molar-refractivity contribution >= 4 is 21.9 Å². The molecule has 2 aliphatic rings. The summed E-state index contributed by atoms with van der Waals surface area (Å²) in [6.45, 7) is 5.91. The van der Waals surface area contributed by atoms with Crippen LogP contribution in [0.3, 0.4) is 0 Å². The van der Waals surface area contributed by atoms with Gasteiger partial charge in [-0.1, -0.05) is 30.3 Å². The molecular weight excluding hydrogens is 446 g/mol. The first-order valence-corrected chi connectivity index (χ1v) is 12.9. The maximum absolute atomic E-state index is 6.05. The summed E-state index contributed by atoms with van der Waals surface area (Å²) < 4.78 is 8.44. The van der Waals surface area contributed by atoms with Gasteiger partial charge in [0.05, 0.1) is 5.52 Å². The van der Waals surface area contributed by atoms with E-state index in [1.54, 1.807) is 6.33 Å². The van der Waals surface area contributed by atoms with Gasteiger partial charge >= 0.3 is 0 Å². The first-order chi connectivity index (χ1) is 17.7. The molecule has 1 saturated carbocycles. The molecule has 2 aromatic carbocycles. The third-order valence-electron chi connectivity index (χ3n) is 7.83. The molecule has 0 N–H and O–H groups in total. The summed E-state index contributed by atoms with van der Waals surface area (Å²) in [6, 6.07) is 18.8. The van der Waals surface area contributed by atoms with Crippen LogP contribution in [0, 0.1) is 12.8 Å². The molecule has 5 aromatic rings. The van der Waals surface area contributed by atoms with Crippen LogP contribution in [-0.4, -0.2) is 44.1 Å². The average molecular weight is 476 g/mol. The van der Waals surface area contributed by atoms with Crippen LogP contribution in [0.2, 0.25) is 0 Å². The van der Waals surface area contributed by atoms with Crippen LogP contribution in [0.15, 0.2) is 73.3 Å². The third-order valence-corrected chi connectivity index (χ3v) is 7.83. The molecule has 7 rings (SSSR count). The van der Waals surface area contributed by atoms with Gasteiger partial charge in [-0.15, -0.1) is 0 Å². The Morgan fingerprint density at radius 2 is 1.86 bits per heavy atom. The van der Waals surface area contributed by atoms with Gasteiger partial charge in [0.15, 0.2) is 0 Å². The predicted molar refractivity (Wildman–Crippen MR) is 142 cm³/mol. The number of aromatic nitrogens is 4. The lowest BCUT2D eigenvalue weighted by Gasteiger charge is -2.42. The number of likely N-dealkylation sites (tertiary alicyclic amines) is 1. The first kappa shape index (κ1) is 21.5. The number of hydrogen-bond donors (Lipinski definition) is 0. The normalized spacial score (nSPS) is 19.8. The third kappa shape index (κ3) is 3.82. The molecule has 4 heterocycles. The number of rotatable bonds is 6. The van der Waals surface area contributed by atoms with Crippen molar-refractivity contribution < 1.29 is 4.74 Å². The maximum atomic E-state index is 6.05. The Morgan fingerprint density at radius 3 is 2.67 bits per heavy atom. The van der Waals surface area contributed by atoms with Gasteiger partial charge in [0.25, 0.3) is 0 Å². The molecule has 6 heteroatoms. The fraction of sp³-hybridized carbons (Fsp3) is 0.300. The van der Waals surface area contributed by atoms with Crippen LogP contribution in [-0.2, 0) is 0 Å². The molecule has 0 bridgehead atoms. The van der Waals surface area contributed by atoms with E-state index in [2.05, 4.69) is 50.8 Å². The van der Waals surface area contributed by atoms with Gasteiger partial charge in [-0.2, -0.15) is 0 Å². The molecule has 36 heavy (non-hydrogen) atoms. The summed E-state index contributed by atoms with van der Waals surface area (Å²) in [5.74, 6) is 2.19. The second kappa shape index (κ2) is 8.71. The Balaban J connectivity index is 1.23. The molecule has 1 aliphatic carbocycles. The van der Waals surface area contributed by atoms with Gasteiger partial charge < -0.3 is 14.2 Å². The van der Waals surface area contributed by atoms with Gasteiger partial charge in [-0.3, -0.25) is 0 Å². The molecule has 0 unspecified atom stereocenters. The first-order valence-electron chi connectivity index (χ1n) is 12.9. The number of aryl methyl sites for hydroxylation is 1. The topological polar surface area (TPSA) is 56.1 Å². The molecule has 0 spiro atoms. The average Bonchev–Trinajstić information content (AvgIpc) is 3.22. The van der Waals surface area contributed by atoms with Crippen molar-refractivity contribution in [3.63, 3.8) is 0 Å². The number of fused-ring (bicyclic) bond motifs is 2. The zero-order chi connectivity index (χ0) is 24.1. The minimum atomic E-state index is 0.508. The standard InChI is InChI=1S/C30H29N5O/c1-20-12-29(36-24-6-3-2-4-7-24)33-28-15-22(8-9-25(20)28)27-18-35(30-26(27)16-31-19-32-30)23-13-21(14-23)17-34-10-5-11-34/h2-4,6-9,12,15-16,18-19,21,23H,5,10-11,13-14,17H2,1H3. The Hall–Kier alpha value is -3.77. The summed E-state index contributed by atoms with van der Waals surface area (Å²) in [4.78, 5) is 16.5. The van der Waals surface area contributed by atoms with E-state index >= 15 is 0 Å². The number of hydrogen-bond acceptors (Lipinski definition) is 5. The fourth-order valence-corrected chi connectivity index (χ4v) is 5.70. The van der Waals surface area contributed by atoms with Gasteiger partial charge in [0.1, 0.15) is 17.7 Å². The van der Waals surface area contributed by atoms with Gasteiger partial charge in [-0.25, -0.2) is 15.0 Å². The van der Waals surface area contributed by atoms with Crippen LogP contribution < -0.4 is 4.74 Å². The Kier molecular flexibility index (Phi) is 5.21. The lowest BCUT2D eigenvalue weighted by molar-refractivity contribution is 0.0921. The monoisotopic (exact) mass is 475 g/mol. The van der Waals surface area contributed by atoms with Crippen molar-refractivity contribution in [3.05, 3.63) is 78.9 Å². The van der Waals surface area contributed by atoms with Gasteiger partial charge in [0, 0.05) is 47.4 Å². The number of pyridine rings is 1. The molecule has 3 aromatic heterocycles.